The number of nitrogens with zero attached hydrogens (tertiary/aromatic N) is 5. The normalized spacial score (nSPS) is 18.3. The van der Waals surface area contributed by atoms with Crippen LogP contribution >= 0.6 is 0 Å². The molecule has 1 aromatic carbocycles. The minimum Gasteiger partial charge on any atom is -0.493 e. The molecule has 4 heterocycles. The summed E-state index contributed by atoms with van der Waals surface area (Å²) in [7, 11) is 0. The molecule has 6 heteroatoms. The summed E-state index contributed by atoms with van der Waals surface area (Å²) in [5.74, 6) is 2.06. The third-order valence-electron chi connectivity index (χ3n) is 5.73. The zero-order chi connectivity index (χ0) is 18.2. The van der Waals surface area contributed by atoms with Crippen LogP contribution in [0, 0.1) is 0 Å². The first-order chi connectivity index (χ1) is 13.3. The zero-order valence-electron chi connectivity index (χ0n) is 15.5. The highest BCUT2D eigenvalue weighted by atomic mass is 16.5. The summed E-state index contributed by atoms with van der Waals surface area (Å²) in [5.41, 5.74) is 4.41. The van der Waals surface area contributed by atoms with Crippen LogP contribution in [0.25, 0.3) is 11.0 Å². The van der Waals surface area contributed by atoms with Crippen LogP contribution in [0.15, 0.2) is 42.9 Å². The average Bonchev–Trinajstić information content (AvgIpc) is 3.21. The fraction of sp³-hybridized carbons (Fsp3) is 0.381. The summed E-state index contributed by atoms with van der Waals surface area (Å²) in [6, 6.07) is 9.14. The van der Waals surface area contributed by atoms with Crippen molar-refractivity contribution in [1.82, 2.24) is 19.9 Å². The fourth-order valence-corrected chi connectivity index (χ4v) is 4.02. The SMILES string of the molecule is CC(c1ccc2c(c1)OCC2)N1CCN(c2cc3nccnc3cn2)CC1. The van der Waals surface area contributed by atoms with Crippen LogP contribution < -0.4 is 9.64 Å². The number of rotatable bonds is 3. The molecule has 1 fully saturated rings. The van der Waals surface area contributed by atoms with Crippen molar-refractivity contribution >= 4 is 16.9 Å². The first-order valence-electron chi connectivity index (χ1n) is 9.59. The van der Waals surface area contributed by atoms with Gasteiger partial charge >= 0.3 is 0 Å². The lowest BCUT2D eigenvalue weighted by Crippen LogP contribution is -2.47. The molecule has 0 radical (unpaired) electrons. The largest absolute Gasteiger partial charge is 0.493 e. The van der Waals surface area contributed by atoms with E-state index in [1.165, 1.54) is 11.1 Å². The minimum atomic E-state index is 0.386. The highest BCUT2D eigenvalue weighted by Crippen LogP contribution is 2.31. The maximum Gasteiger partial charge on any atom is 0.130 e. The van der Waals surface area contributed by atoms with Gasteiger partial charge in [-0.2, -0.15) is 0 Å². The molecule has 2 aromatic heterocycles. The van der Waals surface area contributed by atoms with E-state index in [1.54, 1.807) is 12.4 Å². The number of benzene rings is 1. The molecule has 5 rings (SSSR count). The van der Waals surface area contributed by atoms with Crippen LogP contribution in [0.5, 0.6) is 5.75 Å². The molecule has 0 amide bonds. The second kappa shape index (κ2) is 6.78. The summed E-state index contributed by atoms with van der Waals surface area (Å²) in [6.45, 7) is 7.05. The number of hydrogen-bond donors (Lipinski definition) is 0. The Kier molecular flexibility index (Phi) is 4.13. The number of aromatic nitrogens is 3. The maximum absolute atomic E-state index is 5.74. The topological polar surface area (TPSA) is 54.4 Å². The van der Waals surface area contributed by atoms with E-state index < -0.39 is 0 Å². The number of pyridine rings is 1. The van der Waals surface area contributed by atoms with Gasteiger partial charge in [0.25, 0.3) is 0 Å². The van der Waals surface area contributed by atoms with Crippen molar-refractivity contribution in [1.29, 1.82) is 0 Å². The molecule has 0 aliphatic carbocycles. The summed E-state index contributed by atoms with van der Waals surface area (Å²) in [6.07, 6.45) is 6.28. The smallest absolute Gasteiger partial charge is 0.130 e. The van der Waals surface area contributed by atoms with Crippen molar-refractivity contribution in [2.24, 2.45) is 0 Å². The van der Waals surface area contributed by atoms with Gasteiger partial charge in [-0.3, -0.25) is 14.9 Å². The lowest BCUT2D eigenvalue weighted by Gasteiger charge is -2.38. The van der Waals surface area contributed by atoms with Gasteiger partial charge in [-0.1, -0.05) is 12.1 Å². The molecular weight excluding hydrogens is 338 g/mol. The quantitative estimate of drug-likeness (QED) is 0.715. The molecule has 0 saturated carbocycles. The Morgan fingerprint density at radius 3 is 2.63 bits per heavy atom. The van der Waals surface area contributed by atoms with Gasteiger partial charge in [-0.25, -0.2) is 4.98 Å². The van der Waals surface area contributed by atoms with Gasteiger partial charge in [0.1, 0.15) is 17.1 Å². The van der Waals surface area contributed by atoms with E-state index in [0.717, 1.165) is 61.8 Å². The molecular formula is C21H23N5O. The van der Waals surface area contributed by atoms with Crippen molar-refractivity contribution in [3.8, 4) is 5.75 Å². The molecule has 0 spiro atoms. The summed E-state index contributed by atoms with van der Waals surface area (Å²) >= 11 is 0. The van der Waals surface area contributed by atoms with Crippen molar-refractivity contribution in [2.75, 3.05) is 37.7 Å². The van der Waals surface area contributed by atoms with Gasteiger partial charge in [0.05, 0.1) is 18.3 Å². The maximum atomic E-state index is 5.74. The Bertz CT molecular complexity index is 968. The molecule has 27 heavy (non-hydrogen) atoms. The van der Waals surface area contributed by atoms with Gasteiger partial charge in [0.2, 0.25) is 0 Å². The summed E-state index contributed by atoms with van der Waals surface area (Å²) < 4.78 is 5.74. The number of piperazine rings is 1. The predicted molar refractivity (Wildman–Crippen MR) is 105 cm³/mol. The van der Waals surface area contributed by atoms with Crippen LogP contribution in [-0.4, -0.2) is 52.6 Å². The molecule has 1 unspecified atom stereocenters. The molecule has 6 nitrogen and oxygen atoms in total. The van der Waals surface area contributed by atoms with Crippen LogP contribution in [0.2, 0.25) is 0 Å². The Balaban J connectivity index is 1.27. The molecule has 1 saturated heterocycles. The van der Waals surface area contributed by atoms with E-state index in [0.29, 0.717) is 6.04 Å². The van der Waals surface area contributed by atoms with Gasteiger partial charge < -0.3 is 9.64 Å². The highest BCUT2D eigenvalue weighted by Gasteiger charge is 2.24. The Morgan fingerprint density at radius 1 is 0.963 bits per heavy atom. The van der Waals surface area contributed by atoms with E-state index in [9.17, 15) is 0 Å². The first-order valence-corrected chi connectivity index (χ1v) is 9.59. The Morgan fingerprint density at radius 2 is 1.78 bits per heavy atom. The van der Waals surface area contributed by atoms with E-state index in [2.05, 4.69) is 49.9 Å². The first kappa shape index (κ1) is 16.4. The zero-order valence-corrected chi connectivity index (χ0v) is 15.5. The Hall–Kier alpha value is -2.73. The molecule has 138 valence electrons. The number of fused-ring (bicyclic) bond motifs is 2. The van der Waals surface area contributed by atoms with E-state index in [-0.39, 0.29) is 0 Å². The van der Waals surface area contributed by atoms with Gasteiger partial charge in [0.15, 0.2) is 0 Å². The molecule has 2 aliphatic heterocycles. The van der Waals surface area contributed by atoms with Gasteiger partial charge in [0, 0.05) is 57.1 Å². The monoisotopic (exact) mass is 361 g/mol. The summed E-state index contributed by atoms with van der Waals surface area (Å²) in [5, 5.41) is 0. The van der Waals surface area contributed by atoms with Crippen LogP contribution in [0.4, 0.5) is 5.82 Å². The molecule has 0 N–H and O–H groups in total. The van der Waals surface area contributed by atoms with E-state index >= 15 is 0 Å². The van der Waals surface area contributed by atoms with Crippen molar-refractivity contribution < 1.29 is 4.74 Å². The number of hydrogen-bond acceptors (Lipinski definition) is 6. The van der Waals surface area contributed by atoms with Crippen molar-refractivity contribution in [2.45, 2.75) is 19.4 Å². The fourth-order valence-electron chi connectivity index (χ4n) is 4.02. The second-order valence-electron chi connectivity index (χ2n) is 7.25. The van der Waals surface area contributed by atoms with Crippen molar-refractivity contribution in [3.63, 3.8) is 0 Å². The van der Waals surface area contributed by atoms with E-state index in [4.69, 9.17) is 4.74 Å². The molecule has 0 bridgehead atoms. The lowest BCUT2D eigenvalue weighted by atomic mass is 10.0. The van der Waals surface area contributed by atoms with Crippen LogP contribution in [0.1, 0.15) is 24.1 Å². The Labute approximate surface area is 158 Å². The lowest BCUT2D eigenvalue weighted by molar-refractivity contribution is 0.198. The predicted octanol–water partition coefficient (Wildman–Crippen LogP) is 2.84. The highest BCUT2D eigenvalue weighted by molar-refractivity contribution is 5.75. The second-order valence-corrected chi connectivity index (χ2v) is 7.25. The third kappa shape index (κ3) is 3.10. The minimum absolute atomic E-state index is 0.386. The molecule has 3 aromatic rings. The van der Waals surface area contributed by atoms with Crippen molar-refractivity contribution in [3.05, 3.63) is 54.0 Å². The van der Waals surface area contributed by atoms with Crippen LogP contribution in [-0.2, 0) is 6.42 Å². The number of anilines is 1. The molecule has 1 atom stereocenters. The average molecular weight is 361 g/mol. The van der Waals surface area contributed by atoms with Gasteiger partial charge in [-0.05, 0) is 24.1 Å². The van der Waals surface area contributed by atoms with Gasteiger partial charge in [-0.15, -0.1) is 0 Å². The summed E-state index contributed by atoms with van der Waals surface area (Å²) in [4.78, 5) is 18.2. The number of ether oxygens (including phenoxy) is 1. The van der Waals surface area contributed by atoms with E-state index in [1.807, 2.05) is 12.3 Å². The standard InChI is InChI=1S/C21H23N5O/c1-15(17-3-2-16-4-11-27-20(16)12-17)25-7-9-26(10-8-25)21-13-18-19(14-24-21)23-6-5-22-18/h2-3,5-6,12-15H,4,7-11H2,1H3. The van der Waals surface area contributed by atoms with Crippen LogP contribution in [0.3, 0.4) is 0 Å². The molecule has 2 aliphatic rings. The third-order valence-corrected chi connectivity index (χ3v) is 5.73.